The van der Waals surface area contributed by atoms with Gasteiger partial charge in [-0.2, -0.15) is 0 Å². The van der Waals surface area contributed by atoms with E-state index in [0.29, 0.717) is 12.1 Å². The zero-order chi connectivity index (χ0) is 13.0. The van der Waals surface area contributed by atoms with Crippen LogP contribution in [0.4, 0.5) is 5.69 Å². The number of ether oxygens (including phenoxy) is 1. The van der Waals surface area contributed by atoms with Gasteiger partial charge in [-0.15, -0.1) is 0 Å². The summed E-state index contributed by atoms with van der Waals surface area (Å²) in [4.78, 5) is 13.9. The molecule has 1 fully saturated rings. The Bertz CT molecular complexity index is 399. The molecule has 0 aromatic heterocycles. The minimum atomic E-state index is 0.00840. The van der Waals surface area contributed by atoms with Gasteiger partial charge in [0.05, 0.1) is 6.10 Å². The number of hydrazine groups is 1. The van der Waals surface area contributed by atoms with Crippen LogP contribution in [0.3, 0.4) is 0 Å². The van der Waals surface area contributed by atoms with Gasteiger partial charge in [-0.1, -0.05) is 0 Å². The van der Waals surface area contributed by atoms with Gasteiger partial charge in [0.15, 0.2) is 0 Å². The standard InChI is InChI=1S/C13H19N3O2/c1-16(9-12-3-2-8-18-12)13(17)10-4-6-11(15-14)7-5-10/h4-7,12,15H,2-3,8-9,14H2,1H3. The number of nitrogens with zero attached hydrogens (tertiary/aromatic N) is 1. The van der Waals surface area contributed by atoms with E-state index in [4.69, 9.17) is 10.6 Å². The molecule has 0 saturated carbocycles. The molecule has 1 atom stereocenters. The maximum Gasteiger partial charge on any atom is 0.253 e. The molecule has 1 saturated heterocycles. The van der Waals surface area contributed by atoms with Gasteiger partial charge < -0.3 is 15.1 Å². The van der Waals surface area contributed by atoms with Gasteiger partial charge in [0.2, 0.25) is 0 Å². The second-order valence-corrected chi connectivity index (χ2v) is 4.54. The van der Waals surface area contributed by atoms with Crippen molar-refractivity contribution >= 4 is 11.6 Å². The predicted octanol–water partition coefficient (Wildman–Crippen LogP) is 1.22. The van der Waals surface area contributed by atoms with Crippen LogP contribution in [0, 0.1) is 0 Å². The quantitative estimate of drug-likeness (QED) is 0.622. The number of nitrogens with two attached hydrogens (primary N) is 1. The SMILES string of the molecule is CN(CC1CCCO1)C(=O)c1ccc(NN)cc1. The van der Waals surface area contributed by atoms with Gasteiger partial charge in [-0.05, 0) is 37.1 Å². The van der Waals surface area contributed by atoms with Crippen molar-refractivity contribution in [2.24, 2.45) is 5.84 Å². The molecule has 3 N–H and O–H groups in total. The van der Waals surface area contributed by atoms with Crippen LogP contribution in [0.25, 0.3) is 0 Å². The van der Waals surface area contributed by atoms with E-state index in [-0.39, 0.29) is 12.0 Å². The normalized spacial score (nSPS) is 18.7. The zero-order valence-electron chi connectivity index (χ0n) is 10.6. The fraction of sp³-hybridized carbons (Fsp3) is 0.462. The highest BCUT2D eigenvalue weighted by molar-refractivity contribution is 5.94. The molecule has 5 heteroatoms. The van der Waals surface area contributed by atoms with Crippen LogP contribution < -0.4 is 11.3 Å². The predicted molar refractivity (Wildman–Crippen MR) is 70.2 cm³/mol. The summed E-state index contributed by atoms with van der Waals surface area (Å²) in [5.74, 6) is 5.29. The van der Waals surface area contributed by atoms with Gasteiger partial charge >= 0.3 is 0 Å². The summed E-state index contributed by atoms with van der Waals surface area (Å²) in [5.41, 5.74) is 3.98. The van der Waals surface area contributed by atoms with Crippen molar-refractivity contribution in [1.29, 1.82) is 0 Å². The van der Waals surface area contributed by atoms with Crippen molar-refractivity contribution < 1.29 is 9.53 Å². The number of anilines is 1. The molecule has 0 bridgehead atoms. The van der Waals surface area contributed by atoms with Gasteiger partial charge in [0.25, 0.3) is 5.91 Å². The van der Waals surface area contributed by atoms with E-state index in [0.717, 1.165) is 25.1 Å². The molecule has 1 heterocycles. The van der Waals surface area contributed by atoms with Crippen LogP contribution in [0.5, 0.6) is 0 Å². The van der Waals surface area contributed by atoms with Gasteiger partial charge in [-0.3, -0.25) is 10.6 Å². The number of likely N-dealkylation sites (N-methyl/N-ethyl adjacent to an activating group) is 1. The Labute approximate surface area is 107 Å². The molecule has 18 heavy (non-hydrogen) atoms. The second kappa shape index (κ2) is 5.84. The zero-order valence-corrected chi connectivity index (χ0v) is 10.6. The second-order valence-electron chi connectivity index (χ2n) is 4.54. The van der Waals surface area contributed by atoms with Crippen LogP contribution in [-0.2, 0) is 4.74 Å². The van der Waals surface area contributed by atoms with E-state index in [9.17, 15) is 4.79 Å². The maximum atomic E-state index is 12.2. The van der Waals surface area contributed by atoms with Crippen molar-refractivity contribution in [3.05, 3.63) is 29.8 Å². The number of carbonyl (C=O) groups is 1. The Morgan fingerprint density at radius 1 is 1.50 bits per heavy atom. The molecule has 1 aromatic rings. The number of amides is 1. The topological polar surface area (TPSA) is 67.6 Å². The number of carbonyl (C=O) groups excluding carboxylic acids is 1. The first-order valence-electron chi connectivity index (χ1n) is 6.14. The van der Waals surface area contributed by atoms with Crippen molar-refractivity contribution in [3.8, 4) is 0 Å². The summed E-state index contributed by atoms with van der Waals surface area (Å²) in [5, 5.41) is 0. The summed E-state index contributed by atoms with van der Waals surface area (Å²) in [6.07, 6.45) is 2.31. The molecule has 0 spiro atoms. The molecule has 1 aliphatic rings. The third-order valence-corrected chi connectivity index (χ3v) is 3.15. The molecular weight excluding hydrogens is 230 g/mol. The summed E-state index contributed by atoms with van der Waals surface area (Å²) >= 11 is 0. The van der Waals surface area contributed by atoms with E-state index < -0.39 is 0 Å². The summed E-state index contributed by atoms with van der Waals surface area (Å²) < 4.78 is 5.53. The van der Waals surface area contributed by atoms with E-state index >= 15 is 0 Å². The lowest BCUT2D eigenvalue weighted by molar-refractivity contribution is 0.0587. The Kier molecular flexibility index (Phi) is 4.17. The lowest BCUT2D eigenvalue weighted by atomic mass is 10.1. The van der Waals surface area contributed by atoms with Gasteiger partial charge in [0.1, 0.15) is 0 Å². The third kappa shape index (κ3) is 3.00. The first kappa shape index (κ1) is 12.9. The summed E-state index contributed by atoms with van der Waals surface area (Å²) in [7, 11) is 1.80. The first-order valence-corrected chi connectivity index (χ1v) is 6.14. The average Bonchev–Trinajstić information content (AvgIpc) is 2.91. The minimum absolute atomic E-state index is 0.00840. The summed E-state index contributed by atoms with van der Waals surface area (Å²) in [6, 6.07) is 7.10. The molecule has 1 unspecified atom stereocenters. The first-order chi connectivity index (χ1) is 8.70. The number of nitrogen functional groups attached to an aromatic ring is 1. The molecule has 5 nitrogen and oxygen atoms in total. The number of hydrogen-bond acceptors (Lipinski definition) is 4. The smallest absolute Gasteiger partial charge is 0.253 e. The largest absolute Gasteiger partial charge is 0.376 e. The lowest BCUT2D eigenvalue weighted by Gasteiger charge is -2.20. The number of rotatable bonds is 4. The third-order valence-electron chi connectivity index (χ3n) is 3.15. The van der Waals surface area contributed by atoms with E-state index in [1.54, 1.807) is 36.2 Å². The Balaban J connectivity index is 1.95. The monoisotopic (exact) mass is 249 g/mol. The van der Waals surface area contributed by atoms with Crippen molar-refractivity contribution in [2.75, 3.05) is 25.6 Å². The fourth-order valence-electron chi connectivity index (χ4n) is 2.11. The number of nitrogens with one attached hydrogen (secondary N) is 1. The highest BCUT2D eigenvalue weighted by atomic mass is 16.5. The molecule has 2 rings (SSSR count). The molecule has 1 aliphatic heterocycles. The lowest BCUT2D eigenvalue weighted by Crippen LogP contribution is -2.34. The maximum absolute atomic E-state index is 12.2. The van der Waals surface area contributed by atoms with E-state index in [1.165, 1.54) is 0 Å². The van der Waals surface area contributed by atoms with Crippen molar-refractivity contribution in [1.82, 2.24) is 4.90 Å². The van der Waals surface area contributed by atoms with E-state index in [1.807, 2.05) is 0 Å². The van der Waals surface area contributed by atoms with E-state index in [2.05, 4.69) is 5.43 Å². The molecule has 0 radical (unpaired) electrons. The van der Waals surface area contributed by atoms with Crippen LogP contribution in [0.15, 0.2) is 24.3 Å². The van der Waals surface area contributed by atoms with Crippen LogP contribution in [0.2, 0.25) is 0 Å². The molecule has 1 amide bonds. The molecular formula is C13H19N3O2. The van der Waals surface area contributed by atoms with Gasteiger partial charge in [-0.25, -0.2) is 0 Å². The molecule has 98 valence electrons. The Morgan fingerprint density at radius 2 is 2.22 bits per heavy atom. The minimum Gasteiger partial charge on any atom is -0.376 e. The van der Waals surface area contributed by atoms with Crippen LogP contribution in [-0.4, -0.2) is 37.1 Å². The fourth-order valence-corrected chi connectivity index (χ4v) is 2.11. The number of benzene rings is 1. The van der Waals surface area contributed by atoms with Crippen molar-refractivity contribution in [2.45, 2.75) is 18.9 Å². The van der Waals surface area contributed by atoms with Crippen molar-refractivity contribution in [3.63, 3.8) is 0 Å². The Hall–Kier alpha value is -1.59. The molecule has 1 aromatic carbocycles. The Morgan fingerprint density at radius 3 is 2.78 bits per heavy atom. The summed E-state index contributed by atoms with van der Waals surface area (Å²) in [6.45, 7) is 1.46. The highest BCUT2D eigenvalue weighted by Crippen LogP contribution is 2.15. The average molecular weight is 249 g/mol. The van der Waals surface area contributed by atoms with Crippen LogP contribution in [0.1, 0.15) is 23.2 Å². The molecule has 0 aliphatic carbocycles. The van der Waals surface area contributed by atoms with Gasteiger partial charge in [0, 0.05) is 31.5 Å². The number of hydrogen-bond donors (Lipinski definition) is 2. The van der Waals surface area contributed by atoms with Crippen LogP contribution >= 0.6 is 0 Å². The highest BCUT2D eigenvalue weighted by Gasteiger charge is 2.20.